The molecule has 36 heavy (non-hydrogen) atoms. The lowest BCUT2D eigenvalue weighted by atomic mass is 10.0. The largest absolute Gasteiger partial charge is 0.497 e. The van der Waals surface area contributed by atoms with Crippen molar-refractivity contribution in [2.45, 2.75) is 36.6 Å². The van der Waals surface area contributed by atoms with Crippen molar-refractivity contribution in [3.63, 3.8) is 0 Å². The highest BCUT2D eigenvalue weighted by Crippen LogP contribution is 2.19. The van der Waals surface area contributed by atoms with Gasteiger partial charge in [-0.05, 0) is 35.7 Å². The second kappa shape index (κ2) is 12.1. The van der Waals surface area contributed by atoms with E-state index in [-0.39, 0.29) is 12.8 Å². The van der Waals surface area contributed by atoms with Crippen LogP contribution in [0, 0.1) is 0 Å². The van der Waals surface area contributed by atoms with Crippen molar-refractivity contribution in [3.05, 3.63) is 65.9 Å². The van der Waals surface area contributed by atoms with E-state index >= 15 is 0 Å². The Bertz CT molecular complexity index is 1240. The molecule has 1 heterocycles. The molecule has 5 N–H and O–H groups in total. The quantitative estimate of drug-likeness (QED) is 0.202. The van der Waals surface area contributed by atoms with Crippen molar-refractivity contribution >= 4 is 47.3 Å². The van der Waals surface area contributed by atoms with Crippen LogP contribution in [-0.4, -0.2) is 63.4 Å². The molecule has 10 nitrogen and oxygen atoms in total. The summed E-state index contributed by atoms with van der Waals surface area (Å²) in [5, 5.41) is 23.6. The molecule has 3 rings (SSSR count). The Morgan fingerprint density at radius 1 is 0.944 bits per heavy atom. The van der Waals surface area contributed by atoms with Crippen LogP contribution in [0.1, 0.15) is 17.5 Å². The molecule has 0 aliphatic heterocycles. The summed E-state index contributed by atoms with van der Waals surface area (Å²) in [7, 11) is 1.53. The number of carboxylic acid groups (broad SMARTS) is 2. The monoisotopic (exact) mass is 513 g/mol. The minimum Gasteiger partial charge on any atom is -0.497 e. The fraction of sp³-hybridized carbons (Fsp3) is 0.280. The number of aromatic amines is 1. The van der Waals surface area contributed by atoms with Gasteiger partial charge in [0.2, 0.25) is 11.8 Å². The fourth-order valence-electron chi connectivity index (χ4n) is 3.72. The second-order valence-electron chi connectivity index (χ2n) is 8.19. The lowest BCUT2D eigenvalue weighted by Gasteiger charge is -2.22. The van der Waals surface area contributed by atoms with Crippen molar-refractivity contribution in [1.82, 2.24) is 15.6 Å². The summed E-state index contributed by atoms with van der Waals surface area (Å²) in [4.78, 5) is 51.8. The molecule has 11 heteroatoms. The predicted molar refractivity (Wildman–Crippen MR) is 135 cm³/mol. The van der Waals surface area contributed by atoms with Crippen molar-refractivity contribution in [3.8, 4) is 5.75 Å². The summed E-state index contributed by atoms with van der Waals surface area (Å²) < 4.78 is 5.10. The maximum absolute atomic E-state index is 12.9. The minimum absolute atomic E-state index is 0.0362. The van der Waals surface area contributed by atoms with Crippen LogP contribution >= 0.6 is 12.6 Å². The van der Waals surface area contributed by atoms with Gasteiger partial charge in [-0.3, -0.25) is 14.4 Å². The molecule has 0 fully saturated rings. The van der Waals surface area contributed by atoms with Gasteiger partial charge in [-0.15, -0.1) is 0 Å². The highest BCUT2D eigenvalue weighted by Gasteiger charge is 2.30. The highest BCUT2D eigenvalue weighted by molar-refractivity contribution is 7.81. The van der Waals surface area contributed by atoms with Crippen molar-refractivity contribution in [2.75, 3.05) is 7.11 Å². The molecule has 3 aromatic rings. The number of hydrogen-bond donors (Lipinski definition) is 6. The maximum atomic E-state index is 12.9. The Balaban J connectivity index is 1.67. The van der Waals surface area contributed by atoms with E-state index < -0.39 is 47.5 Å². The first-order chi connectivity index (χ1) is 17.2. The van der Waals surface area contributed by atoms with E-state index in [1.54, 1.807) is 30.5 Å². The number of carbonyl (C=O) groups excluding carboxylic acids is 2. The van der Waals surface area contributed by atoms with Crippen LogP contribution in [0.25, 0.3) is 10.9 Å². The fourth-order valence-corrected chi connectivity index (χ4v) is 4.01. The van der Waals surface area contributed by atoms with Gasteiger partial charge >= 0.3 is 11.9 Å². The summed E-state index contributed by atoms with van der Waals surface area (Å²) in [6.07, 6.45) is 1.12. The van der Waals surface area contributed by atoms with E-state index in [0.717, 1.165) is 16.5 Å². The number of methoxy groups -OCH3 is 1. The summed E-state index contributed by atoms with van der Waals surface area (Å²) >= 11 is 4.29. The van der Waals surface area contributed by atoms with Gasteiger partial charge in [-0.1, -0.05) is 30.3 Å². The average molecular weight is 514 g/mol. The Hall–Kier alpha value is -3.99. The Labute approximate surface area is 212 Å². The van der Waals surface area contributed by atoms with Gasteiger partial charge in [0.15, 0.2) is 0 Å². The maximum Gasteiger partial charge on any atom is 0.326 e. The number of amides is 2. The molecule has 0 aliphatic rings. The summed E-state index contributed by atoms with van der Waals surface area (Å²) in [5.74, 6) is -3.54. The number of aliphatic carboxylic acids is 2. The molecule has 2 aromatic carbocycles. The van der Waals surface area contributed by atoms with Crippen LogP contribution in [0.3, 0.4) is 0 Å². The number of H-pyrrole nitrogens is 1. The topological polar surface area (TPSA) is 158 Å². The smallest absolute Gasteiger partial charge is 0.326 e. The Morgan fingerprint density at radius 3 is 2.25 bits per heavy atom. The molecule has 0 spiro atoms. The van der Waals surface area contributed by atoms with Crippen molar-refractivity contribution in [2.24, 2.45) is 0 Å². The van der Waals surface area contributed by atoms with Crippen molar-refractivity contribution < 1.29 is 34.1 Å². The van der Waals surface area contributed by atoms with Gasteiger partial charge in [-0.25, -0.2) is 4.79 Å². The van der Waals surface area contributed by atoms with E-state index in [1.165, 1.54) is 7.11 Å². The Morgan fingerprint density at radius 2 is 1.61 bits per heavy atom. The molecular formula is C25H27N3O7S. The van der Waals surface area contributed by atoms with Crippen LogP contribution in [-0.2, 0) is 32.0 Å². The first-order valence-electron chi connectivity index (χ1n) is 11.1. The molecule has 0 aliphatic carbocycles. The molecular weight excluding hydrogens is 486 g/mol. The van der Waals surface area contributed by atoms with Crippen LogP contribution in [0.5, 0.6) is 5.75 Å². The number of thiol groups is 1. The molecule has 0 saturated carbocycles. The predicted octanol–water partition coefficient (Wildman–Crippen LogP) is 1.79. The third kappa shape index (κ3) is 7.01. The number of carbonyl (C=O) groups is 4. The lowest BCUT2D eigenvalue weighted by molar-refractivity contribution is -0.143. The number of carboxylic acids is 2. The van der Waals surface area contributed by atoms with Gasteiger partial charge in [0.05, 0.1) is 18.8 Å². The number of aromatic nitrogens is 1. The summed E-state index contributed by atoms with van der Waals surface area (Å²) in [6, 6.07) is 11.5. The third-order valence-corrected chi connectivity index (χ3v) is 6.03. The third-order valence-electron chi connectivity index (χ3n) is 5.62. The zero-order valence-electron chi connectivity index (χ0n) is 19.4. The van der Waals surface area contributed by atoms with Crippen LogP contribution in [0.4, 0.5) is 0 Å². The van der Waals surface area contributed by atoms with Crippen molar-refractivity contribution in [1.29, 1.82) is 0 Å². The van der Waals surface area contributed by atoms with Gasteiger partial charge in [0.25, 0.3) is 0 Å². The summed E-state index contributed by atoms with van der Waals surface area (Å²) in [6.45, 7) is 0. The van der Waals surface area contributed by atoms with E-state index in [9.17, 15) is 29.4 Å². The number of ether oxygens (including phenoxy) is 1. The molecule has 1 aromatic heterocycles. The summed E-state index contributed by atoms with van der Waals surface area (Å²) in [5.41, 5.74) is 2.28. The molecule has 0 radical (unpaired) electrons. The zero-order valence-corrected chi connectivity index (χ0v) is 20.3. The van der Waals surface area contributed by atoms with E-state index in [0.29, 0.717) is 11.3 Å². The first kappa shape index (κ1) is 26.6. The van der Waals surface area contributed by atoms with Crippen LogP contribution < -0.4 is 15.4 Å². The molecule has 190 valence electrons. The second-order valence-corrected chi connectivity index (χ2v) is 8.81. The SMILES string of the molecule is COc1ccc(CC(S)C(=O)NC(CC(=O)O)C(=O)NC(Cc2c[nH]c3ccccc23)C(=O)O)cc1. The van der Waals surface area contributed by atoms with Crippen LogP contribution in [0.2, 0.25) is 0 Å². The van der Waals surface area contributed by atoms with Gasteiger partial charge in [0, 0.05) is 23.5 Å². The van der Waals surface area contributed by atoms with E-state index in [4.69, 9.17) is 4.74 Å². The number of fused-ring (bicyclic) bond motifs is 1. The number of rotatable bonds is 12. The number of hydrogen-bond acceptors (Lipinski definition) is 6. The number of benzene rings is 2. The van der Waals surface area contributed by atoms with Gasteiger partial charge in [0.1, 0.15) is 17.8 Å². The Kier molecular flexibility index (Phi) is 8.96. The normalized spacial score (nSPS) is 13.4. The average Bonchev–Trinajstić information content (AvgIpc) is 3.26. The molecule has 3 unspecified atom stereocenters. The zero-order chi connectivity index (χ0) is 26.2. The van der Waals surface area contributed by atoms with E-state index in [1.807, 2.05) is 24.3 Å². The van der Waals surface area contributed by atoms with E-state index in [2.05, 4.69) is 28.2 Å². The lowest BCUT2D eigenvalue weighted by Crippen LogP contribution is -2.54. The number of nitrogens with one attached hydrogen (secondary N) is 3. The first-order valence-corrected chi connectivity index (χ1v) is 11.6. The molecule has 0 saturated heterocycles. The number of para-hydroxylation sites is 1. The highest BCUT2D eigenvalue weighted by atomic mass is 32.1. The standard InChI is InChI=1S/C25H27N3O7S/c1-35-16-8-6-14(7-9-16)10-21(36)24(32)27-19(12-22(29)30)23(31)28-20(25(33)34)11-15-13-26-18-5-3-2-4-17(15)18/h2-9,13,19-21,26,36H,10-12H2,1H3,(H,27,32)(H,28,31)(H,29,30)(H,33,34). The minimum atomic E-state index is -1.48. The molecule has 3 atom stereocenters. The molecule has 2 amide bonds. The molecule has 0 bridgehead atoms. The van der Waals surface area contributed by atoms with Crippen LogP contribution in [0.15, 0.2) is 54.7 Å². The van der Waals surface area contributed by atoms with Gasteiger partial charge in [-0.2, -0.15) is 12.6 Å². The van der Waals surface area contributed by atoms with Gasteiger partial charge < -0.3 is 30.6 Å².